The van der Waals surface area contributed by atoms with Gasteiger partial charge < -0.3 is 5.11 Å². The lowest BCUT2D eigenvalue weighted by atomic mass is 10.3. The summed E-state index contributed by atoms with van der Waals surface area (Å²) in [6, 6.07) is 1.78. The van der Waals surface area contributed by atoms with Crippen LogP contribution in [0.1, 0.15) is 5.82 Å². The molecular formula is C9H9N5O2. The van der Waals surface area contributed by atoms with Gasteiger partial charge in [-0.2, -0.15) is 5.10 Å². The lowest BCUT2D eigenvalue weighted by molar-refractivity contribution is -0.136. The van der Waals surface area contributed by atoms with Gasteiger partial charge in [0, 0.05) is 13.2 Å². The maximum absolute atomic E-state index is 10.4. The van der Waals surface area contributed by atoms with Crippen molar-refractivity contribution in [1.82, 2.24) is 25.0 Å². The number of hydrogen-bond acceptors (Lipinski definition) is 5. The molecule has 0 amide bonds. The molecule has 0 atom stereocenters. The van der Waals surface area contributed by atoms with Crippen molar-refractivity contribution in [2.24, 2.45) is 7.05 Å². The van der Waals surface area contributed by atoms with E-state index in [0.29, 0.717) is 5.69 Å². The first-order chi connectivity index (χ1) is 7.66. The van der Waals surface area contributed by atoms with E-state index in [1.165, 1.54) is 6.20 Å². The molecule has 7 heteroatoms. The molecular weight excluding hydrogens is 210 g/mol. The fraction of sp³-hybridized carbons (Fsp3) is 0.222. The minimum Gasteiger partial charge on any atom is -0.481 e. The van der Waals surface area contributed by atoms with Gasteiger partial charge in [0.05, 0.1) is 11.9 Å². The van der Waals surface area contributed by atoms with Gasteiger partial charge in [0.25, 0.3) is 0 Å². The van der Waals surface area contributed by atoms with Crippen molar-refractivity contribution in [2.45, 2.75) is 6.42 Å². The van der Waals surface area contributed by atoms with Gasteiger partial charge in [-0.05, 0) is 6.07 Å². The highest BCUT2D eigenvalue weighted by Gasteiger charge is 2.08. The van der Waals surface area contributed by atoms with Crippen LogP contribution in [-0.4, -0.2) is 36.0 Å². The third-order valence-electron chi connectivity index (χ3n) is 2.00. The van der Waals surface area contributed by atoms with Gasteiger partial charge in [0.15, 0.2) is 5.82 Å². The minimum atomic E-state index is -0.977. The zero-order chi connectivity index (χ0) is 11.5. The van der Waals surface area contributed by atoms with Gasteiger partial charge in [-0.3, -0.25) is 9.48 Å². The van der Waals surface area contributed by atoms with E-state index in [9.17, 15) is 4.79 Å². The van der Waals surface area contributed by atoms with E-state index >= 15 is 0 Å². The average Bonchev–Trinajstić information content (AvgIpc) is 2.65. The Hall–Kier alpha value is -2.31. The van der Waals surface area contributed by atoms with Crippen LogP contribution < -0.4 is 0 Å². The molecule has 2 rings (SSSR count). The molecule has 0 saturated carbocycles. The van der Waals surface area contributed by atoms with Gasteiger partial charge in [-0.25, -0.2) is 4.98 Å². The third kappa shape index (κ3) is 2.02. The lowest BCUT2D eigenvalue weighted by Crippen LogP contribution is -2.07. The predicted octanol–water partition coefficient (Wildman–Crippen LogP) is -0.101. The number of aliphatic carboxylic acids is 1. The van der Waals surface area contributed by atoms with Crippen molar-refractivity contribution in [1.29, 1.82) is 0 Å². The van der Waals surface area contributed by atoms with E-state index in [0.717, 1.165) is 5.69 Å². The minimum absolute atomic E-state index is 0.193. The second-order valence-corrected chi connectivity index (χ2v) is 3.17. The average molecular weight is 219 g/mol. The fourth-order valence-corrected chi connectivity index (χ4v) is 1.26. The summed E-state index contributed by atoms with van der Waals surface area (Å²) in [5, 5.41) is 20.2. The van der Waals surface area contributed by atoms with E-state index in [-0.39, 0.29) is 12.2 Å². The van der Waals surface area contributed by atoms with E-state index < -0.39 is 5.97 Å². The van der Waals surface area contributed by atoms with Crippen LogP contribution in [0.3, 0.4) is 0 Å². The van der Waals surface area contributed by atoms with Crippen LogP contribution in [0.25, 0.3) is 11.4 Å². The standard InChI is InChI=1S/C9H9N5O2/c1-14-7(2-3-11-14)6-5-10-8(13-12-6)4-9(15)16/h2-3,5H,4H2,1H3,(H,15,16). The molecule has 0 aliphatic heterocycles. The monoisotopic (exact) mass is 219 g/mol. The SMILES string of the molecule is Cn1nccc1-c1cnc(CC(=O)O)nn1. The van der Waals surface area contributed by atoms with E-state index in [2.05, 4.69) is 20.3 Å². The molecule has 0 aliphatic rings. The highest BCUT2D eigenvalue weighted by atomic mass is 16.4. The van der Waals surface area contributed by atoms with Crippen LogP contribution in [0.2, 0.25) is 0 Å². The smallest absolute Gasteiger partial charge is 0.311 e. The molecule has 16 heavy (non-hydrogen) atoms. The summed E-state index contributed by atoms with van der Waals surface area (Å²) in [6.45, 7) is 0. The summed E-state index contributed by atoms with van der Waals surface area (Å²) in [4.78, 5) is 14.3. The van der Waals surface area contributed by atoms with Gasteiger partial charge in [0.2, 0.25) is 0 Å². The summed E-state index contributed by atoms with van der Waals surface area (Å²) in [7, 11) is 1.78. The number of carboxylic acid groups (broad SMARTS) is 1. The highest BCUT2D eigenvalue weighted by molar-refractivity contribution is 5.68. The quantitative estimate of drug-likeness (QED) is 0.774. The topological polar surface area (TPSA) is 93.8 Å². The van der Waals surface area contributed by atoms with Gasteiger partial charge >= 0.3 is 5.97 Å². The first kappa shape index (κ1) is 10.2. The molecule has 1 N–H and O–H groups in total. The maximum atomic E-state index is 10.4. The summed E-state index contributed by atoms with van der Waals surface area (Å²) in [6.07, 6.45) is 2.91. The Morgan fingerprint density at radius 2 is 2.31 bits per heavy atom. The van der Waals surface area contributed by atoms with Crippen LogP contribution in [0, 0.1) is 0 Å². The van der Waals surface area contributed by atoms with E-state index in [4.69, 9.17) is 5.11 Å². The predicted molar refractivity (Wildman–Crippen MR) is 53.4 cm³/mol. The van der Waals surface area contributed by atoms with Crippen molar-refractivity contribution < 1.29 is 9.90 Å². The normalized spacial score (nSPS) is 10.3. The Morgan fingerprint density at radius 3 is 2.81 bits per heavy atom. The zero-order valence-corrected chi connectivity index (χ0v) is 8.53. The van der Waals surface area contributed by atoms with Crippen LogP contribution in [-0.2, 0) is 18.3 Å². The molecule has 0 spiro atoms. The first-order valence-corrected chi connectivity index (χ1v) is 4.55. The number of nitrogens with zero attached hydrogens (tertiary/aromatic N) is 5. The van der Waals surface area contributed by atoms with Crippen LogP contribution in [0.4, 0.5) is 0 Å². The molecule has 2 heterocycles. The summed E-state index contributed by atoms with van der Waals surface area (Å²) in [5.74, 6) is -0.784. The Bertz CT molecular complexity index is 505. The Kier molecular flexibility index (Phi) is 2.59. The Morgan fingerprint density at radius 1 is 1.50 bits per heavy atom. The molecule has 2 aromatic heterocycles. The third-order valence-corrected chi connectivity index (χ3v) is 2.00. The number of carbonyl (C=O) groups is 1. The Labute approximate surface area is 90.8 Å². The van der Waals surface area contributed by atoms with E-state index in [1.54, 1.807) is 24.0 Å². The van der Waals surface area contributed by atoms with Crippen LogP contribution in [0.5, 0.6) is 0 Å². The second kappa shape index (κ2) is 4.05. The number of carboxylic acids is 1. The molecule has 7 nitrogen and oxygen atoms in total. The number of aromatic nitrogens is 5. The number of hydrogen-bond donors (Lipinski definition) is 1. The summed E-state index contributed by atoms with van der Waals surface area (Å²) >= 11 is 0. The highest BCUT2D eigenvalue weighted by Crippen LogP contribution is 2.12. The van der Waals surface area contributed by atoms with Crippen molar-refractivity contribution in [3.63, 3.8) is 0 Å². The van der Waals surface area contributed by atoms with Crippen molar-refractivity contribution in [3.05, 3.63) is 24.3 Å². The zero-order valence-electron chi connectivity index (χ0n) is 8.53. The van der Waals surface area contributed by atoms with Gasteiger partial charge in [-0.15, -0.1) is 10.2 Å². The molecule has 0 fully saturated rings. The summed E-state index contributed by atoms with van der Waals surface area (Å²) in [5.41, 5.74) is 1.34. The van der Waals surface area contributed by atoms with Gasteiger partial charge in [0.1, 0.15) is 12.1 Å². The van der Waals surface area contributed by atoms with Crippen LogP contribution >= 0.6 is 0 Å². The molecule has 82 valence electrons. The second-order valence-electron chi connectivity index (χ2n) is 3.17. The number of aryl methyl sites for hydroxylation is 1. The molecule has 2 aromatic rings. The van der Waals surface area contributed by atoms with Gasteiger partial charge in [-0.1, -0.05) is 0 Å². The molecule has 0 aromatic carbocycles. The van der Waals surface area contributed by atoms with Crippen molar-refractivity contribution in [2.75, 3.05) is 0 Å². The number of rotatable bonds is 3. The van der Waals surface area contributed by atoms with Crippen LogP contribution in [0.15, 0.2) is 18.5 Å². The Balaban J connectivity index is 2.26. The fourth-order valence-electron chi connectivity index (χ4n) is 1.26. The molecule has 0 radical (unpaired) electrons. The summed E-state index contributed by atoms with van der Waals surface area (Å²) < 4.78 is 1.64. The lowest BCUT2D eigenvalue weighted by Gasteiger charge is -2.00. The molecule has 0 bridgehead atoms. The van der Waals surface area contributed by atoms with Crippen molar-refractivity contribution >= 4 is 5.97 Å². The molecule has 0 aliphatic carbocycles. The van der Waals surface area contributed by atoms with Crippen molar-refractivity contribution in [3.8, 4) is 11.4 Å². The largest absolute Gasteiger partial charge is 0.481 e. The molecule has 0 unspecified atom stereocenters. The van der Waals surface area contributed by atoms with E-state index in [1.807, 2.05) is 0 Å². The molecule has 0 saturated heterocycles. The maximum Gasteiger partial charge on any atom is 0.311 e. The first-order valence-electron chi connectivity index (χ1n) is 4.55.